The number of hydrogen-bond donors (Lipinski definition) is 2. The number of aromatic carboxylic acids is 1. The van der Waals surface area contributed by atoms with E-state index in [-0.39, 0.29) is 28.7 Å². The summed E-state index contributed by atoms with van der Waals surface area (Å²) in [5, 5.41) is 9.39. The summed E-state index contributed by atoms with van der Waals surface area (Å²) in [7, 11) is 0. The van der Waals surface area contributed by atoms with Gasteiger partial charge in [-0.3, -0.25) is 4.79 Å². The smallest absolute Gasteiger partial charge is 0.341 e. The van der Waals surface area contributed by atoms with Crippen molar-refractivity contribution >= 4 is 22.8 Å². The van der Waals surface area contributed by atoms with E-state index in [4.69, 9.17) is 5.73 Å². The Morgan fingerprint density at radius 3 is 2.61 bits per heavy atom. The van der Waals surface area contributed by atoms with Crippen LogP contribution in [0.5, 0.6) is 0 Å². The minimum atomic E-state index is -1.31. The van der Waals surface area contributed by atoms with Gasteiger partial charge in [0.1, 0.15) is 11.2 Å². The van der Waals surface area contributed by atoms with Gasteiger partial charge in [0.2, 0.25) is 5.43 Å². The average Bonchev–Trinajstić information content (AvgIpc) is 3.50. The van der Waals surface area contributed by atoms with Gasteiger partial charge in [-0.15, -0.1) is 0 Å². The molecule has 1 atom stereocenters. The van der Waals surface area contributed by atoms with E-state index in [9.17, 15) is 14.7 Å². The maximum absolute atomic E-state index is 15.0. The molecule has 0 radical (unpaired) electrons. The molecule has 31 heavy (non-hydrogen) atoms. The van der Waals surface area contributed by atoms with Crippen LogP contribution in [0.2, 0.25) is 0 Å². The van der Waals surface area contributed by atoms with Gasteiger partial charge < -0.3 is 20.3 Å². The average molecular weight is 422 g/mol. The lowest BCUT2D eigenvalue weighted by Crippen LogP contribution is -2.24. The maximum Gasteiger partial charge on any atom is 0.341 e. The molecule has 1 saturated heterocycles. The van der Waals surface area contributed by atoms with Crippen LogP contribution in [0.15, 0.2) is 41.3 Å². The second-order valence-electron chi connectivity index (χ2n) is 8.36. The highest BCUT2D eigenvalue weighted by molar-refractivity contribution is 5.92. The number of carbonyl (C=O) groups is 1. The highest BCUT2D eigenvalue weighted by Gasteiger charge is 2.31. The molecule has 0 spiro atoms. The number of halogens is 1. The second kappa shape index (κ2) is 7.46. The molecular weight excluding hydrogens is 399 g/mol. The van der Waals surface area contributed by atoms with Crippen LogP contribution in [-0.4, -0.2) is 33.7 Å². The van der Waals surface area contributed by atoms with Gasteiger partial charge in [-0.2, -0.15) is 0 Å². The highest BCUT2D eigenvalue weighted by Crippen LogP contribution is 2.38. The van der Waals surface area contributed by atoms with Gasteiger partial charge in [-0.25, -0.2) is 14.2 Å². The van der Waals surface area contributed by atoms with Crippen molar-refractivity contribution in [2.24, 2.45) is 5.73 Å². The van der Waals surface area contributed by atoms with E-state index in [2.05, 4.69) is 17.1 Å². The van der Waals surface area contributed by atoms with Crippen molar-refractivity contribution in [1.29, 1.82) is 0 Å². The molecule has 3 heterocycles. The minimum absolute atomic E-state index is 0.0150. The van der Waals surface area contributed by atoms with Gasteiger partial charge in [0.05, 0.1) is 5.39 Å². The van der Waals surface area contributed by atoms with Crippen LogP contribution >= 0.6 is 0 Å². The van der Waals surface area contributed by atoms with Crippen LogP contribution in [0, 0.1) is 5.82 Å². The van der Waals surface area contributed by atoms with Crippen LogP contribution < -0.4 is 16.1 Å². The monoisotopic (exact) mass is 422 g/mol. The minimum Gasteiger partial charge on any atom is -0.477 e. The topological polar surface area (TPSA) is 101 Å². The Kier molecular flexibility index (Phi) is 4.74. The lowest BCUT2D eigenvalue weighted by Gasteiger charge is -2.20. The zero-order valence-corrected chi connectivity index (χ0v) is 16.9. The molecule has 160 valence electrons. The molecule has 8 heteroatoms. The second-order valence-corrected chi connectivity index (χ2v) is 8.36. The van der Waals surface area contributed by atoms with Gasteiger partial charge in [-0.05, 0) is 36.5 Å². The predicted molar refractivity (Wildman–Crippen MR) is 115 cm³/mol. The number of carboxylic acids is 1. The summed E-state index contributed by atoms with van der Waals surface area (Å²) in [6.45, 7) is 1.77. The van der Waals surface area contributed by atoms with E-state index >= 15 is 4.39 Å². The fourth-order valence-corrected chi connectivity index (χ4v) is 4.39. The van der Waals surface area contributed by atoms with Gasteiger partial charge >= 0.3 is 5.97 Å². The van der Waals surface area contributed by atoms with Crippen LogP contribution in [0.4, 0.5) is 10.2 Å². The van der Waals surface area contributed by atoms with Crippen LogP contribution in [0.3, 0.4) is 0 Å². The largest absolute Gasteiger partial charge is 0.477 e. The first-order valence-electron chi connectivity index (χ1n) is 10.5. The number of nitrogens with zero attached hydrogens (tertiary/aromatic N) is 3. The van der Waals surface area contributed by atoms with Crippen molar-refractivity contribution in [3.8, 4) is 0 Å². The summed E-state index contributed by atoms with van der Waals surface area (Å²) in [6, 6.07) is 9.41. The summed E-state index contributed by atoms with van der Waals surface area (Å²) in [5.41, 5.74) is 7.23. The summed E-state index contributed by atoms with van der Waals surface area (Å²) < 4.78 is 16.8. The first-order chi connectivity index (χ1) is 15.0. The van der Waals surface area contributed by atoms with E-state index in [1.165, 1.54) is 11.8 Å². The zero-order chi connectivity index (χ0) is 21.7. The Labute approximate surface area is 177 Å². The number of pyridine rings is 2. The molecule has 1 unspecified atom stereocenters. The van der Waals surface area contributed by atoms with Crippen LogP contribution in [0.25, 0.3) is 11.0 Å². The van der Waals surface area contributed by atoms with Crippen molar-refractivity contribution in [2.45, 2.75) is 37.8 Å². The lowest BCUT2D eigenvalue weighted by atomic mass is 9.97. The molecule has 5 rings (SSSR count). The van der Waals surface area contributed by atoms with Crippen molar-refractivity contribution < 1.29 is 14.3 Å². The van der Waals surface area contributed by atoms with E-state index in [1.807, 2.05) is 17.0 Å². The number of carboxylic acid groups (broad SMARTS) is 1. The Bertz CT molecular complexity index is 1230. The number of benzene rings is 1. The number of nitrogens with two attached hydrogens (primary N) is 1. The normalized spacial score (nSPS) is 18.6. The molecule has 2 fully saturated rings. The van der Waals surface area contributed by atoms with E-state index in [0.717, 1.165) is 30.9 Å². The number of rotatable bonds is 5. The molecule has 1 saturated carbocycles. The maximum atomic E-state index is 15.0. The molecule has 1 aromatic carbocycles. The molecule has 3 aromatic rings. The Morgan fingerprint density at radius 2 is 1.97 bits per heavy atom. The Hall–Kier alpha value is -3.26. The van der Waals surface area contributed by atoms with E-state index in [1.54, 1.807) is 4.57 Å². The lowest BCUT2D eigenvalue weighted by molar-refractivity contribution is 0.0695. The van der Waals surface area contributed by atoms with E-state index < -0.39 is 17.2 Å². The number of anilines is 1. The quantitative estimate of drug-likeness (QED) is 0.655. The molecule has 3 N–H and O–H groups in total. The van der Waals surface area contributed by atoms with Crippen LogP contribution in [-0.2, 0) is 6.54 Å². The van der Waals surface area contributed by atoms with Crippen molar-refractivity contribution in [3.63, 3.8) is 0 Å². The highest BCUT2D eigenvalue weighted by atomic mass is 19.1. The van der Waals surface area contributed by atoms with Crippen molar-refractivity contribution in [2.75, 3.05) is 18.0 Å². The first kappa shape index (κ1) is 19.7. The summed E-state index contributed by atoms with van der Waals surface area (Å²) in [4.78, 5) is 30.6. The van der Waals surface area contributed by atoms with Crippen LogP contribution in [0.1, 0.15) is 52.7 Å². The summed E-state index contributed by atoms with van der Waals surface area (Å²) in [5.74, 6) is -1.45. The van der Waals surface area contributed by atoms with Gasteiger partial charge in [0.15, 0.2) is 11.6 Å². The predicted octanol–water partition coefficient (Wildman–Crippen LogP) is 3.02. The molecule has 2 aromatic heterocycles. The number of aromatic nitrogens is 2. The van der Waals surface area contributed by atoms with Crippen molar-refractivity contribution in [1.82, 2.24) is 9.55 Å². The molecule has 1 aliphatic heterocycles. The fraction of sp³-hybridized carbons (Fsp3) is 0.348. The fourth-order valence-electron chi connectivity index (χ4n) is 4.39. The third-order valence-corrected chi connectivity index (χ3v) is 6.28. The van der Waals surface area contributed by atoms with E-state index in [0.29, 0.717) is 25.3 Å². The SMILES string of the molecule is NCc1ccc(C2CCN(c3nc4c(cc3F)c(=O)c(C(=O)O)cn4C3CC3)C2)cc1. The van der Waals surface area contributed by atoms with Gasteiger partial charge in [0, 0.05) is 37.8 Å². The third kappa shape index (κ3) is 3.46. The Morgan fingerprint density at radius 1 is 1.23 bits per heavy atom. The third-order valence-electron chi connectivity index (χ3n) is 6.28. The number of hydrogen-bond acceptors (Lipinski definition) is 5. The van der Waals surface area contributed by atoms with Gasteiger partial charge in [0.25, 0.3) is 0 Å². The Balaban J connectivity index is 1.52. The summed E-state index contributed by atoms with van der Waals surface area (Å²) >= 11 is 0. The standard InChI is InChI=1S/C23H23FN4O3/c24-19-9-17-20(29)18(23(30)31)12-28(16-5-6-16)21(17)26-22(19)27-8-7-15(11-27)14-3-1-13(10-25)2-4-14/h1-4,9,12,15-16H,5-8,10-11,25H2,(H,30,31). The molecule has 0 bridgehead atoms. The molecule has 0 amide bonds. The molecule has 7 nitrogen and oxygen atoms in total. The molecular formula is C23H23FN4O3. The van der Waals surface area contributed by atoms with Gasteiger partial charge in [-0.1, -0.05) is 24.3 Å². The summed E-state index contributed by atoms with van der Waals surface area (Å²) in [6.07, 6.45) is 3.99. The number of fused-ring (bicyclic) bond motifs is 1. The molecule has 1 aliphatic carbocycles. The zero-order valence-electron chi connectivity index (χ0n) is 16.9. The molecule has 2 aliphatic rings. The van der Waals surface area contributed by atoms with Crippen molar-refractivity contribution in [3.05, 3.63) is 69.3 Å². The first-order valence-corrected chi connectivity index (χ1v) is 10.5.